The molecule has 0 aliphatic carbocycles. The molecular weight excluding hydrogens is 264 g/mol. The van der Waals surface area contributed by atoms with E-state index in [0.717, 1.165) is 28.2 Å². The van der Waals surface area contributed by atoms with E-state index in [2.05, 4.69) is 6.07 Å². The molecule has 0 aliphatic heterocycles. The Morgan fingerprint density at radius 3 is 2.38 bits per heavy atom. The second-order valence-electron chi connectivity index (χ2n) is 4.91. The van der Waals surface area contributed by atoms with Gasteiger partial charge in [-0.3, -0.25) is 0 Å². The van der Waals surface area contributed by atoms with Gasteiger partial charge in [-0.15, -0.1) is 0 Å². The first-order valence-electron chi connectivity index (χ1n) is 6.61. The minimum Gasteiger partial charge on any atom is -0.496 e. The summed E-state index contributed by atoms with van der Waals surface area (Å²) >= 11 is 0. The van der Waals surface area contributed by atoms with Crippen molar-refractivity contribution in [3.05, 3.63) is 52.6 Å². The molecule has 108 valence electrons. The van der Waals surface area contributed by atoms with Crippen LogP contribution in [-0.4, -0.2) is 7.11 Å². The van der Waals surface area contributed by atoms with Crippen LogP contribution in [0.1, 0.15) is 22.3 Å². The second-order valence-corrected chi connectivity index (χ2v) is 4.91. The van der Waals surface area contributed by atoms with E-state index in [1.165, 1.54) is 0 Å². The van der Waals surface area contributed by atoms with Gasteiger partial charge in [-0.1, -0.05) is 0 Å². The molecule has 0 amide bonds. The summed E-state index contributed by atoms with van der Waals surface area (Å²) in [6, 6.07) is 11.2. The molecule has 0 saturated carbocycles. The number of rotatable bonds is 4. The molecule has 0 unspecified atom stereocenters. The predicted molar refractivity (Wildman–Crippen MR) is 82.4 cm³/mol. The minimum atomic E-state index is 0.363. The number of anilines is 1. The molecule has 2 N–H and O–H groups in total. The Hall–Kier alpha value is -2.67. The Kier molecular flexibility index (Phi) is 4.34. The third kappa shape index (κ3) is 3.26. The van der Waals surface area contributed by atoms with E-state index >= 15 is 0 Å². The fraction of sp³-hybridized carbons (Fsp3) is 0.235. The summed E-state index contributed by atoms with van der Waals surface area (Å²) in [6.45, 7) is 4.22. The van der Waals surface area contributed by atoms with Gasteiger partial charge in [-0.05, 0) is 55.3 Å². The predicted octanol–water partition coefficient (Wildman–Crippen LogP) is 3.34. The highest BCUT2D eigenvalue weighted by Crippen LogP contribution is 2.28. The van der Waals surface area contributed by atoms with Crippen LogP contribution >= 0.6 is 0 Å². The summed E-state index contributed by atoms with van der Waals surface area (Å²) in [5, 5.41) is 8.96. The van der Waals surface area contributed by atoms with Crippen LogP contribution in [0.25, 0.3) is 0 Å². The second kappa shape index (κ2) is 6.19. The van der Waals surface area contributed by atoms with Crippen LogP contribution in [0.15, 0.2) is 30.3 Å². The lowest BCUT2D eigenvalue weighted by atomic mass is 10.1. The normalized spacial score (nSPS) is 10.0. The molecule has 2 rings (SSSR count). The topological polar surface area (TPSA) is 68.3 Å². The van der Waals surface area contributed by atoms with Gasteiger partial charge >= 0.3 is 0 Å². The quantitative estimate of drug-likeness (QED) is 0.873. The van der Waals surface area contributed by atoms with E-state index in [9.17, 15) is 0 Å². The molecule has 2 aromatic rings. The van der Waals surface area contributed by atoms with E-state index in [4.69, 9.17) is 20.5 Å². The Balaban J connectivity index is 2.25. The Morgan fingerprint density at radius 1 is 1.14 bits per heavy atom. The van der Waals surface area contributed by atoms with Crippen LogP contribution in [0.2, 0.25) is 0 Å². The van der Waals surface area contributed by atoms with Crippen LogP contribution in [-0.2, 0) is 6.61 Å². The van der Waals surface area contributed by atoms with Gasteiger partial charge in [0.25, 0.3) is 0 Å². The molecule has 21 heavy (non-hydrogen) atoms. The van der Waals surface area contributed by atoms with Crippen molar-refractivity contribution >= 4 is 5.69 Å². The third-order valence-corrected chi connectivity index (χ3v) is 3.27. The standard InChI is InChI=1S/C17H18N2O2/c1-11-6-13(9-18)7-12(2)17(11)21-10-14-8-15(19)4-5-16(14)20-3/h4-8H,10,19H2,1-3H3. The maximum Gasteiger partial charge on any atom is 0.125 e. The van der Waals surface area contributed by atoms with Crippen LogP contribution in [0.3, 0.4) is 0 Å². The lowest BCUT2D eigenvalue weighted by Gasteiger charge is -2.14. The molecule has 0 saturated heterocycles. The van der Waals surface area contributed by atoms with Crippen LogP contribution in [0.4, 0.5) is 5.69 Å². The average molecular weight is 282 g/mol. The molecular formula is C17H18N2O2. The summed E-state index contributed by atoms with van der Waals surface area (Å²) in [4.78, 5) is 0. The van der Waals surface area contributed by atoms with Crippen LogP contribution in [0.5, 0.6) is 11.5 Å². The van der Waals surface area contributed by atoms with Gasteiger partial charge in [0.05, 0.1) is 18.7 Å². The zero-order valence-electron chi connectivity index (χ0n) is 12.4. The summed E-state index contributed by atoms with van der Waals surface area (Å²) in [5.74, 6) is 1.53. The molecule has 0 aliphatic rings. The summed E-state index contributed by atoms with van der Waals surface area (Å²) in [6.07, 6.45) is 0. The maximum absolute atomic E-state index is 8.96. The number of methoxy groups -OCH3 is 1. The molecule has 2 aromatic carbocycles. The highest BCUT2D eigenvalue weighted by Gasteiger charge is 2.09. The molecule has 0 fully saturated rings. The number of aryl methyl sites for hydroxylation is 2. The Morgan fingerprint density at radius 2 is 1.81 bits per heavy atom. The molecule has 0 heterocycles. The summed E-state index contributed by atoms with van der Waals surface area (Å²) in [5.41, 5.74) is 9.88. The first-order chi connectivity index (χ1) is 10.0. The van der Waals surface area contributed by atoms with Gasteiger partial charge < -0.3 is 15.2 Å². The molecule has 4 nitrogen and oxygen atoms in total. The molecule has 0 bridgehead atoms. The van der Waals surface area contributed by atoms with E-state index in [0.29, 0.717) is 17.9 Å². The number of nitriles is 1. The zero-order valence-corrected chi connectivity index (χ0v) is 12.4. The van der Waals surface area contributed by atoms with Crippen molar-refractivity contribution in [2.45, 2.75) is 20.5 Å². The van der Waals surface area contributed by atoms with Crippen LogP contribution < -0.4 is 15.2 Å². The van der Waals surface area contributed by atoms with Crippen molar-refractivity contribution in [3.8, 4) is 17.6 Å². The molecule has 0 atom stereocenters. The fourth-order valence-corrected chi connectivity index (χ4v) is 2.30. The van der Waals surface area contributed by atoms with Gasteiger partial charge in [0.1, 0.15) is 18.1 Å². The van der Waals surface area contributed by atoms with Gasteiger partial charge in [0.2, 0.25) is 0 Å². The smallest absolute Gasteiger partial charge is 0.125 e. The molecule has 0 aromatic heterocycles. The lowest BCUT2D eigenvalue weighted by Crippen LogP contribution is -2.02. The van der Waals surface area contributed by atoms with Gasteiger partial charge in [0, 0.05) is 11.3 Å². The number of nitrogens with two attached hydrogens (primary N) is 1. The van der Waals surface area contributed by atoms with Gasteiger partial charge in [-0.2, -0.15) is 5.26 Å². The number of hydrogen-bond donors (Lipinski definition) is 1. The van der Waals surface area contributed by atoms with Gasteiger partial charge in [-0.25, -0.2) is 0 Å². The van der Waals surface area contributed by atoms with Crippen molar-refractivity contribution in [2.24, 2.45) is 0 Å². The third-order valence-electron chi connectivity index (χ3n) is 3.27. The van der Waals surface area contributed by atoms with Gasteiger partial charge in [0.15, 0.2) is 0 Å². The number of ether oxygens (including phenoxy) is 2. The monoisotopic (exact) mass is 282 g/mol. The van der Waals surface area contributed by atoms with Crippen molar-refractivity contribution in [1.29, 1.82) is 5.26 Å². The van der Waals surface area contributed by atoms with E-state index in [1.54, 1.807) is 13.2 Å². The van der Waals surface area contributed by atoms with Crippen molar-refractivity contribution in [3.63, 3.8) is 0 Å². The van der Waals surface area contributed by atoms with Crippen molar-refractivity contribution in [2.75, 3.05) is 12.8 Å². The van der Waals surface area contributed by atoms with Crippen molar-refractivity contribution in [1.82, 2.24) is 0 Å². The first-order valence-corrected chi connectivity index (χ1v) is 6.61. The Labute approximate surface area is 124 Å². The van der Waals surface area contributed by atoms with E-state index in [1.807, 2.05) is 38.1 Å². The first kappa shape index (κ1) is 14.7. The lowest BCUT2D eigenvalue weighted by molar-refractivity contribution is 0.293. The molecule has 0 spiro atoms. The number of hydrogen-bond acceptors (Lipinski definition) is 4. The number of benzene rings is 2. The van der Waals surface area contributed by atoms with Crippen molar-refractivity contribution < 1.29 is 9.47 Å². The zero-order chi connectivity index (χ0) is 15.4. The SMILES string of the molecule is COc1ccc(N)cc1COc1c(C)cc(C#N)cc1C. The van der Waals surface area contributed by atoms with Crippen LogP contribution in [0, 0.1) is 25.2 Å². The van der Waals surface area contributed by atoms with E-state index in [-0.39, 0.29) is 0 Å². The Bertz CT molecular complexity index is 679. The highest BCUT2D eigenvalue weighted by atomic mass is 16.5. The summed E-state index contributed by atoms with van der Waals surface area (Å²) < 4.78 is 11.2. The average Bonchev–Trinajstić information content (AvgIpc) is 2.46. The largest absolute Gasteiger partial charge is 0.496 e. The number of nitrogen functional groups attached to an aromatic ring is 1. The molecule has 4 heteroatoms. The maximum atomic E-state index is 8.96. The number of nitrogens with zero attached hydrogens (tertiary/aromatic N) is 1. The van der Waals surface area contributed by atoms with E-state index < -0.39 is 0 Å². The summed E-state index contributed by atoms with van der Waals surface area (Å²) in [7, 11) is 1.62. The molecule has 0 radical (unpaired) electrons. The fourth-order valence-electron chi connectivity index (χ4n) is 2.30. The highest BCUT2D eigenvalue weighted by molar-refractivity contribution is 5.49. The minimum absolute atomic E-state index is 0.363.